The topological polar surface area (TPSA) is 111 Å². The van der Waals surface area contributed by atoms with Crippen LogP contribution in [0.1, 0.15) is 37.7 Å². The van der Waals surface area contributed by atoms with Gasteiger partial charge in [0, 0.05) is 42.3 Å². The summed E-state index contributed by atoms with van der Waals surface area (Å²) in [6.07, 6.45) is 5.31. The lowest BCUT2D eigenvalue weighted by Crippen LogP contribution is -2.30. The predicted molar refractivity (Wildman–Crippen MR) is 128 cm³/mol. The van der Waals surface area contributed by atoms with Gasteiger partial charge in [0.1, 0.15) is 17.3 Å². The number of hydrogen-bond donors (Lipinski definition) is 1. The van der Waals surface area contributed by atoms with Gasteiger partial charge >= 0.3 is 0 Å². The summed E-state index contributed by atoms with van der Waals surface area (Å²) in [7, 11) is 3.48. The molecule has 3 heterocycles. The van der Waals surface area contributed by atoms with Gasteiger partial charge in [-0.1, -0.05) is 12.1 Å². The zero-order valence-electron chi connectivity index (χ0n) is 19.8. The molecule has 1 aromatic carbocycles. The molecule has 0 bridgehead atoms. The predicted octanol–water partition coefficient (Wildman–Crippen LogP) is 3.68. The van der Waals surface area contributed by atoms with Crippen molar-refractivity contribution in [2.45, 2.75) is 43.3 Å². The molecule has 35 heavy (non-hydrogen) atoms. The van der Waals surface area contributed by atoms with E-state index in [1.165, 1.54) is 0 Å². The third kappa shape index (κ3) is 3.56. The van der Waals surface area contributed by atoms with Crippen LogP contribution in [0.4, 0.5) is 5.82 Å². The summed E-state index contributed by atoms with van der Waals surface area (Å²) in [6, 6.07) is 10.3. The molecule has 2 aromatic heterocycles. The molecule has 1 saturated heterocycles. The summed E-state index contributed by atoms with van der Waals surface area (Å²) in [5.74, 6) is 0.506. The van der Waals surface area contributed by atoms with Crippen LogP contribution < -0.4 is 10.1 Å². The second-order valence-corrected chi connectivity index (χ2v) is 9.69. The van der Waals surface area contributed by atoms with Gasteiger partial charge in [-0.3, -0.25) is 9.48 Å². The molecule has 1 atom stereocenters. The van der Waals surface area contributed by atoms with Gasteiger partial charge in [-0.2, -0.15) is 10.4 Å². The van der Waals surface area contributed by atoms with E-state index in [9.17, 15) is 10.1 Å². The Hall–Kier alpha value is -3.48. The van der Waals surface area contributed by atoms with Crippen molar-refractivity contribution in [1.29, 1.82) is 5.26 Å². The Morgan fingerprint density at radius 1 is 1.29 bits per heavy atom. The smallest absolute Gasteiger partial charge is 0.228 e. The number of nitrogens with zero attached hydrogens (tertiary/aromatic N) is 4. The highest BCUT2D eigenvalue weighted by atomic mass is 16.7. The number of pyridine rings is 1. The van der Waals surface area contributed by atoms with Crippen LogP contribution in [0, 0.1) is 17.2 Å². The summed E-state index contributed by atoms with van der Waals surface area (Å²) >= 11 is 0. The van der Waals surface area contributed by atoms with Crippen molar-refractivity contribution in [1.82, 2.24) is 14.8 Å². The first-order valence-electron chi connectivity index (χ1n) is 12.0. The number of carbonyl (C=O) groups excluding carboxylic acids is 1. The molecule has 2 aliphatic carbocycles. The number of hydrogen-bond acceptors (Lipinski definition) is 7. The second-order valence-electron chi connectivity index (χ2n) is 9.69. The first kappa shape index (κ1) is 22.0. The maximum absolute atomic E-state index is 12.3. The average molecular weight is 474 g/mol. The molecule has 9 nitrogen and oxygen atoms in total. The number of nitrogens with one attached hydrogen (secondary N) is 1. The van der Waals surface area contributed by atoms with E-state index < -0.39 is 11.2 Å². The van der Waals surface area contributed by atoms with E-state index in [2.05, 4.69) is 16.4 Å². The number of fused-ring (bicyclic) bond motifs is 1. The Labute approximate surface area is 203 Å². The molecule has 0 radical (unpaired) electrons. The minimum Gasteiger partial charge on any atom is -0.496 e. The minimum atomic E-state index is -0.790. The van der Waals surface area contributed by atoms with Gasteiger partial charge in [0.15, 0.2) is 5.79 Å². The van der Waals surface area contributed by atoms with Crippen LogP contribution in [0.25, 0.3) is 22.2 Å². The Kier molecular flexibility index (Phi) is 5.06. The van der Waals surface area contributed by atoms with Crippen LogP contribution in [0.5, 0.6) is 5.75 Å². The van der Waals surface area contributed by atoms with Gasteiger partial charge < -0.3 is 19.5 Å². The summed E-state index contributed by atoms with van der Waals surface area (Å²) < 4.78 is 19.6. The second kappa shape index (κ2) is 8.04. The maximum atomic E-state index is 12.3. The molecule has 1 amide bonds. The van der Waals surface area contributed by atoms with Gasteiger partial charge in [0.05, 0.1) is 43.5 Å². The normalized spacial score (nSPS) is 23.0. The summed E-state index contributed by atoms with van der Waals surface area (Å²) in [4.78, 5) is 16.7. The average Bonchev–Trinajstić information content (AvgIpc) is 3.41. The summed E-state index contributed by atoms with van der Waals surface area (Å²) in [5.41, 5.74) is 2.34. The molecule has 1 aliphatic heterocycles. The highest BCUT2D eigenvalue weighted by molar-refractivity contribution is 5.99. The fourth-order valence-corrected chi connectivity index (χ4v) is 5.48. The monoisotopic (exact) mass is 473 g/mol. The van der Waals surface area contributed by atoms with Gasteiger partial charge in [0.25, 0.3) is 0 Å². The molecule has 3 aliphatic rings. The lowest BCUT2D eigenvalue weighted by molar-refractivity contribution is -0.152. The third-order valence-corrected chi connectivity index (χ3v) is 7.46. The molecule has 6 rings (SSSR count). The standard InChI is InChI=1S/C26H27N5O4/c1-31-20-13-28-21(29-24(32)16-6-7-16)12-18(20)22(30-31)17-4-3-5-19(23(17)33-2)25(15-27)8-9-26(14-25)34-10-11-35-26/h3-5,12-13,16H,6-11,14H2,1-2H3,(H,28,29,32)/t25-/m1/s1. The number of aryl methyl sites for hydroxylation is 1. The van der Waals surface area contributed by atoms with Crippen molar-refractivity contribution in [2.24, 2.45) is 13.0 Å². The van der Waals surface area contributed by atoms with Crippen molar-refractivity contribution >= 4 is 22.6 Å². The Bertz CT molecular complexity index is 1370. The van der Waals surface area contributed by atoms with Crippen molar-refractivity contribution in [3.63, 3.8) is 0 Å². The van der Waals surface area contributed by atoms with Crippen molar-refractivity contribution in [3.8, 4) is 23.1 Å². The van der Waals surface area contributed by atoms with Gasteiger partial charge in [-0.15, -0.1) is 0 Å². The van der Waals surface area contributed by atoms with Crippen LogP contribution in [0.2, 0.25) is 0 Å². The lowest BCUT2D eigenvalue weighted by Gasteiger charge is -2.27. The Morgan fingerprint density at radius 3 is 2.80 bits per heavy atom. The van der Waals surface area contributed by atoms with E-state index in [0.717, 1.165) is 34.9 Å². The molecule has 0 unspecified atom stereocenters. The molecule has 3 fully saturated rings. The first-order chi connectivity index (χ1) is 17.0. The number of benzene rings is 1. The minimum absolute atomic E-state index is 0.00402. The molecular formula is C26H27N5O4. The maximum Gasteiger partial charge on any atom is 0.228 e. The van der Waals surface area contributed by atoms with E-state index in [1.807, 2.05) is 31.3 Å². The van der Waals surface area contributed by atoms with Crippen molar-refractivity contribution in [3.05, 3.63) is 36.0 Å². The third-order valence-electron chi connectivity index (χ3n) is 7.46. The SMILES string of the molecule is COc1c(-c2nn(C)c3cnc(NC(=O)C4CC4)cc23)cccc1[C@]1(C#N)CCC2(C1)OCCO2. The highest BCUT2D eigenvalue weighted by Crippen LogP contribution is 2.53. The number of carbonyl (C=O) groups is 1. The van der Waals surface area contributed by atoms with Gasteiger partial charge in [0.2, 0.25) is 5.91 Å². The van der Waals surface area contributed by atoms with Crippen LogP contribution >= 0.6 is 0 Å². The van der Waals surface area contributed by atoms with Crippen LogP contribution in [-0.4, -0.2) is 46.8 Å². The molecule has 180 valence electrons. The number of methoxy groups -OCH3 is 1. The van der Waals surface area contributed by atoms with E-state index in [-0.39, 0.29) is 11.8 Å². The molecule has 9 heteroatoms. The van der Waals surface area contributed by atoms with Crippen molar-refractivity contribution in [2.75, 3.05) is 25.6 Å². The van der Waals surface area contributed by atoms with Crippen molar-refractivity contribution < 1.29 is 19.0 Å². The number of aromatic nitrogens is 3. The van der Waals surface area contributed by atoms with Gasteiger partial charge in [-0.25, -0.2) is 4.98 Å². The van der Waals surface area contributed by atoms with E-state index in [1.54, 1.807) is 18.0 Å². The van der Waals surface area contributed by atoms with E-state index in [0.29, 0.717) is 49.7 Å². The zero-order chi connectivity index (χ0) is 24.2. The van der Waals surface area contributed by atoms with Gasteiger partial charge in [-0.05, 0) is 31.4 Å². The highest BCUT2D eigenvalue weighted by Gasteiger charge is 2.54. The molecular weight excluding hydrogens is 446 g/mol. The molecule has 3 aromatic rings. The summed E-state index contributed by atoms with van der Waals surface area (Å²) in [5, 5.41) is 18.9. The van der Waals surface area contributed by atoms with Crippen LogP contribution in [0.15, 0.2) is 30.5 Å². The van der Waals surface area contributed by atoms with Crippen LogP contribution in [-0.2, 0) is 26.7 Å². The molecule has 2 saturated carbocycles. The number of ether oxygens (including phenoxy) is 3. The quantitative estimate of drug-likeness (QED) is 0.602. The number of amides is 1. The molecule has 1 spiro atoms. The Balaban J connectivity index is 1.45. The number of anilines is 1. The van der Waals surface area contributed by atoms with E-state index >= 15 is 0 Å². The number of para-hydroxylation sites is 1. The Morgan fingerprint density at radius 2 is 2.09 bits per heavy atom. The van der Waals surface area contributed by atoms with Crippen LogP contribution in [0.3, 0.4) is 0 Å². The first-order valence-corrected chi connectivity index (χ1v) is 12.0. The van der Waals surface area contributed by atoms with E-state index in [4.69, 9.17) is 19.3 Å². The molecule has 1 N–H and O–H groups in total. The fraction of sp³-hybridized carbons (Fsp3) is 0.462. The number of rotatable bonds is 5. The fourth-order valence-electron chi connectivity index (χ4n) is 5.48. The lowest BCUT2D eigenvalue weighted by atomic mass is 9.78. The number of nitriles is 1. The zero-order valence-corrected chi connectivity index (χ0v) is 19.8. The largest absolute Gasteiger partial charge is 0.496 e. The summed E-state index contributed by atoms with van der Waals surface area (Å²) in [6.45, 7) is 1.10.